The molecule has 0 aromatic heterocycles. The largest absolute Gasteiger partial charge is 0.405 e. The van der Waals surface area contributed by atoms with Gasteiger partial charge in [-0.1, -0.05) is 0 Å². The number of rotatable bonds is 2. The van der Waals surface area contributed by atoms with Crippen molar-refractivity contribution in [3.8, 4) is 0 Å². The first-order chi connectivity index (χ1) is 3.56. The molecule has 0 aliphatic rings. The molecule has 0 spiro atoms. The second-order valence-corrected chi connectivity index (χ2v) is 1.11. The molecule has 0 aliphatic heterocycles. The summed E-state index contributed by atoms with van der Waals surface area (Å²) in [7, 11) is 0. The van der Waals surface area contributed by atoms with Gasteiger partial charge < -0.3 is 5.32 Å². The normalized spacial score (nSPS) is 10.9. The van der Waals surface area contributed by atoms with Crippen molar-refractivity contribution in [2.24, 2.45) is 0 Å². The third-order valence-corrected chi connectivity index (χ3v) is 0.386. The van der Waals surface area contributed by atoms with E-state index in [0.717, 1.165) is 0 Å². The van der Waals surface area contributed by atoms with Gasteiger partial charge in [0.25, 0.3) is 0 Å². The van der Waals surface area contributed by atoms with Gasteiger partial charge in [0.1, 0.15) is 6.54 Å². The Bertz CT molecular complexity index is 79.1. The molecular weight excluding hydrogens is 123 g/mol. The Hall–Kier alpha value is -0.740. The average Bonchev–Trinajstić information content (AvgIpc) is 1.59. The lowest BCUT2D eigenvalue weighted by Gasteiger charge is -2.01. The monoisotopic (exact) mass is 127 g/mol. The van der Waals surface area contributed by atoms with Crippen LogP contribution in [0.5, 0.6) is 0 Å². The van der Waals surface area contributed by atoms with Crippen molar-refractivity contribution in [1.82, 2.24) is 5.32 Å². The van der Waals surface area contributed by atoms with Crippen LogP contribution in [0.15, 0.2) is 0 Å². The van der Waals surface area contributed by atoms with E-state index in [1.54, 1.807) is 0 Å². The molecule has 0 saturated heterocycles. The maximum Gasteiger partial charge on any atom is 0.405 e. The van der Waals surface area contributed by atoms with Crippen molar-refractivity contribution in [1.29, 1.82) is 0 Å². The Kier molecular flexibility index (Phi) is 2.30. The van der Waals surface area contributed by atoms with E-state index in [4.69, 9.17) is 0 Å². The van der Waals surface area contributed by atoms with Crippen molar-refractivity contribution in [3.63, 3.8) is 0 Å². The molecule has 0 atom stereocenters. The first kappa shape index (κ1) is 7.26. The van der Waals surface area contributed by atoms with Crippen LogP contribution in [0.1, 0.15) is 0 Å². The van der Waals surface area contributed by atoms with Crippen LogP contribution >= 0.6 is 0 Å². The summed E-state index contributed by atoms with van der Waals surface area (Å²) < 4.78 is 33.1. The highest BCUT2D eigenvalue weighted by Crippen LogP contribution is 2.11. The van der Waals surface area contributed by atoms with Crippen LogP contribution in [0, 0.1) is 0 Å². The standard InChI is InChI=1S/C3H4F3NO/c4-3(5,6)1-7-2-8/h2H,1H2,(H,7,8). The average molecular weight is 127 g/mol. The molecule has 0 aromatic carbocycles. The fourth-order valence-corrected chi connectivity index (χ4v) is 0.157. The summed E-state index contributed by atoms with van der Waals surface area (Å²) in [6.45, 7) is -1.25. The van der Waals surface area contributed by atoms with Gasteiger partial charge in [-0.15, -0.1) is 0 Å². The van der Waals surface area contributed by atoms with Crippen LogP contribution < -0.4 is 5.32 Å². The molecule has 0 bridgehead atoms. The van der Waals surface area contributed by atoms with E-state index in [-0.39, 0.29) is 6.41 Å². The smallest absolute Gasteiger partial charge is 0.350 e. The topological polar surface area (TPSA) is 29.1 Å². The maximum absolute atomic E-state index is 11.0. The zero-order chi connectivity index (χ0) is 6.62. The molecule has 0 radical (unpaired) electrons. The molecule has 0 aromatic rings. The number of carbonyl (C=O) groups is 1. The summed E-state index contributed by atoms with van der Waals surface area (Å²) in [6, 6.07) is 0. The zero-order valence-corrected chi connectivity index (χ0v) is 3.83. The summed E-state index contributed by atoms with van der Waals surface area (Å²) in [5, 5.41) is 1.48. The van der Waals surface area contributed by atoms with E-state index in [1.807, 2.05) is 0 Å². The number of amides is 1. The molecule has 0 fully saturated rings. The minimum atomic E-state index is -4.29. The third-order valence-electron chi connectivity index (χ3n) is 0.386. The highest BCUT2D eigenvalue weighted by Gasteiger charge is 2.25. The summed E-state index contributed by atoms with van der Waals surface area (Å²) in [6.07, 6.45) is -4.28. The summed E-state index contributed by atoms with van der Waals surface area (Å²) >= 11 is 0. The second-order valence-electron chi connectivity index (χ2n) is 1.11. The Morgan fingerprint density at radius 3 is 2.12 bits per heavy atom. The van der Waals surface area contributed by atoms with Crippen LogP contribution in [-0.2, 0) is 4.79 Å². The minimum absolute atomic E-state index is 0.00743. The minimum Gasteiger partial charge on any atom is -0.350 e. The molecule has 2 nitrogen and oxygen atoms in total. The lowest BCUT2D eigenvalue weighted by atomic mass is 10.6. The quantitative estimate of drug-likeness (QED) is 0.531. The Morgan fingerprint density at radius 1 is 1.50 bits per heavy atom. The number of nitrogens with one attached hydrogen (secondary N) is 1. The number of hydrogen-bond donors (Lipinski definition) is 1. The zero-order valence-electron chi connectivity index (χ0n) is 3.83. The summed E-state index contributed by atoms with van der Waals surface area (Å²) in [5.41, 5.74) is 0. The predicted molar refractivity (Wildman–Crippen MR) is 20.1 cm³/mol. The molecule has 0 saturated carbocycles. The first-order valence-corrected chi connectivity index (χ1v) is 1.80. The van der Waals surface area contributed by atoms with E-state index >= 15 is 0 Å². The maximum atomic E-state index is 11.0. The summed E-state index contributed by atoms with van der Waals surface area (Å²) in [4.78, 5) is 9.24. The van der Waals surface area contributed by atoms with Gasteiger partial charge in [-0.2, -0.15) is 13.2 Å². The predicted octanol–water partition coefficient (Wildman–Crippen LogP) is 0.295. The van der Waals surface area contributed by atoms with Gasteiger partial charge in [-0.3, -0.25) is 4.79 Å². The van der Waals surface area contributed by atoms with Crippen molar-refractivity contribution in [2.45, 2.75) is 6.18 Å². The van der Waals surface area contributed by atoms with Crippen LogP contribution in [0.4, 0.5) is 13.2 Å². The second kappa shape index (κ2) is 2.54. The number of hydrogen-bond acceptors (Lipinski definition) is 1. The first-order valence-electron chi connectivity index (χ1n) is 1.80. The lowest BCUT2D eigenvalue weighted by molar-refractivity contribution is -0.132. The molecule has 0 unspecified atom stereocenters. The van der Waals surface area contributed by atoms with E-state index in [2.05, 4.69) is 0 Å². The molecule has 8 heavy (non-hydrogen) atoms. The fraction of sp³-hybridized carbons (Fsp3) is 0.667. The van der Waals surface area contributed by atoms with Gasteiger partial charge in [0.05, 0.1) is 0 Å². The van der Waals surface area contributed by atoms with Crippen molar-refractivity contribution < 1.29 is 18.0 Å². The molecule has 1 amide bonds. The SMILES string of the molecule is O=CNCC(F)(F)F. The van der Waals surface area contributed by atoms with Crippen molar-refractivity contribution >= 4 is 6.41 Å². The van der Waals surface area contributed by atoms with Gasteiger partial charge in [0.15, 0.2) is 0 Å². The molecule has 48 valence electrons. The van der Waals surface area contributed by atoms with E-state index in [0.29, 0.717) is 0 Å². The molecule has 1 N–H and O–H groups in total. The third kappa shape index (κ3) is 5.26. The highest BCUT2D eigenvalue weighted by atomic mass is 19.4. The number of carbonyl (C=O) groups excluding carboxylic acids is 1. The molecule has 0 aliphatic carbocycles. The number of halogens is 3. The molecule has 0 heterocycles. The lowest BCUT2D eigenvalue weighted by Crippen LogP contribution is -2.27. The van der Waals surface area contributed by atoms with Gasteiger partial charge in [-0.05, 0) is 0 Å². The Morgan fingerprint density at radius 2 is 2.00 bits per heavy atom. The van der Waals surface area contributed by atoms with Crippen molar-refractivity contribution in [3.05, 3.63) is 0 Å². The molecule has 0 rings (SSSR count). The van der Waals surface area contributed by atoms with Crippen LogP contribution in [0.25, 0.3) is 0 Å². The Labute approximate surface area is 43.7 Å². The van der Waals surface area contributed by atoms with Gasteiger partial charge in [0.2, 0.25) is 6.41 Å². The molecule has 5 heteroatoms. The van der Waals surface area contributed by atoms with Gasteiger partial charge in [-0.25, -0.2) is 0 Å². The highest BCUT2D eigenvalue weighted by molar-refractivity contribution is 5.45. The van der Waals surface area contributed by atoms with Crippen LogP contribution in [0.2, 0.25) is 0 Å². The van der Waals surface area contributed by atoms with Crippen LogP contribution in [-0.4, -0.2) is 19.1 Å². The van der Waals surface area contributed by atoms with Gasteiger partial charge >= 0.3 is 6.18 Å². The van der Waals surface area contributed by atoms with E-state index in [9.17, 15) is 18.0 Å². The fourth-order valence-electron chi connectivity index (χ4n) is 0.157. The van der Waals surface area contributed by atoms with Gasteiger partial charge in [0, 0.05) is 0 Å². The van der Waals surface area contributed by atoms with E-state index in [1.165, 1.54) is 5.32 Å². The van der Waals surface area contributed by atoms with E-state index < -0.39 is 12.7 Å². The van der Waals surface area contributed by atoms with Crippen molar-refractivity contribution in [2.75, 3.05) is 6.54 Å². The number of alkyl halides is 3. The summed E-state index contributed by atoms with van der Waals surface area (Å²) in [5.74, 6) is 0. The molecular formula is C3H4F3NO. The Balaban J connectivity index is 3.24. The van der Waals surface area contributed by atoms with Crippen LogP contribution in [0.3, 0.4) is 0 Å².